The maximum Gasteiger partial charge on any atom is 0.226 e. The number of halogens is 2. The molecular weight excluding hydrogens is 322 g/mol. The number of rotatable bonds is 4. The van der Waals surface area contributed by atoms with Gasteiger partial charge in [-0.2, -0.15) is 0 Å². The average Bonchev–Trinajstić information content (AvgIpc) is 3.02. The van der Waals surface area contributed by atoms with Crippen LogP contribution in [-0.4, -0.2) is 56.0 Å². The van der Waals surface area contributed by atoms with Crippen LogP contribution in [0.25, 0.3) is 0 Å². The lowest BCUT2D eigenvalue weighted by Crippen LogP contribution is -2.41. The molecule has 0 aromatic heterocycles. The Morgan fingerprint density at radius 1 is 1.38 bits per heavy atom. The molecule has 2 heterocycles. The van der Waals surface area contributed by atoms with Crippen LogP contribution in [0.5, 0.6) is 5.75 Å². The van der Waals surface area contributed by atoms with Gasteiger partial charge < -0.3 is 19.2 Å². The number of morpholine rings is 1. The van der Waals surface area contributed by atoms with Gasteiger partial charge in [-0.05, 0) is 0 Å². The van der Waals surface area contributed by atoms with E-state index in [0.29, 0.717) is 32.0 Å². The van der Waals surface area contributed by atoms with Gasteiger partial charge in [-0.3, -0.25) is 4.79 Å². The molecule has 24 heavy (non-hydrogen) atoms. The fraction of sp³-hybridized carbons (Fsp3) is 0.500. The summed E-state index contributed by atoms with van der Waals surface area (Å²) in [4.78, 5) is 19.2. The van der Waals surface area contributed by atoms with Crippen LogP contribution in [0.15, 0.2) is 17.3 Å². The quantitative estimate of drug-likeness (QED) is 0.837. The molecule has 3 rings (SSSR count). The first-order valence-electron chi connectivity index (χ1n) is 7.70. The Morgan fingerprint density at radius 3 is 2.83 bits per heavy atom. The average molecular weight is 340 g/mol. The number of carbonyl (C=O) groups excluding carboxylic acids is 1. The molecule has 2 aliphatic rings. The molecule has 1 unspecified atom stereocenters. The number of methoxy groups -OCH3 is 1. The molecule has 8 heteroatoms. The van der Waals surface area contributed by atoms with E-state index in [1.165, 1.54) is 7.11 Å². The van der Waals surface area contributed by atoms with Gasteiger partial charge in [-0.25, -0.2) is 8.78 Å². The Kier molecular flexibility index (Phi) is 4.94. The molecule has 0 aliphatic carbocycles. The molecule has 1 aromatic rings. The molecule has 1 atom stereocenters. The number of nitrogens with zero attached hydrogens (tertiary/aromatic N) is 2. The zero-order valence-corrected chi connectivity index (χ0v) is 13.3. The van der Waals surface area contributed by atoms with Crippen LogP contribution >= 0.6 is 0 Å². The number of benzene rings is 1. The summed E-state index contributed by atoms with van der Waals surface area (Å²) in [5, 5.41) is 3.86. The predicted molar refractivity (Wildman–Crippen MR) is 81.0 cm³/mol. The first-order valence-corrected chi connectivity index (χ1v) is 7.70. The second-order valence-electron chi connectivity index (χ2n) is 5.63. The van der Waals surface area contributed by atoms with Crippen LogP contribution < -0.4 is 4.74 Å². The van der Waals surface area contributed by atoms with E-state index < -0.39 is 17.7 Å². The van der Waals surface area contributed by atoms with E-state index in [2.05, 4.69) is 5.16 Å². The Hall–Kier alpha value is -2.22. The van der Waals surface area contributed by atoms with Crippen molar-refractivity contribution in [1.82, 2.24) is 4.90 Å². The SMILES string of the molecule is COc1cc(F)cc(F)c1C1=NOC(CC(=O)N2CCOCC2)C1. The van der Waals surface area contributed by atoms with E-state index in [-0.39, 0.29) is 30.1 Å². The summed E-state index contributed by atoms with van der Waals surface area (Å²) in [7, 11) is 1.33. The van der Waals surface area contributed by atoms with E-state index in [9.17, 15) is 13.6 Å². The van der Waals surface area contributed by atoms with E-state index in [1.54, 1.807) is 4.90 Å². The summed E-state index contributed by atoms with van der Waals surface area (Å²) in [6, 6.07) is 1.86. The minimum absolute atomic E-state index is 0.0497. The third-order valence-electron chi connectivity index (χ3n) is 4.03. The summed E-state index contributed by atoms with van der Waals surface area (Å²) in [5.41, 5.74) is 0.379. The largest absolute Gasteiger partial charge is 0.496 e. The molecule has 130 valence electrons. The van der Waals surface area contributed by atoms with Gasteiger partial charge >= 0.3 is 0 Å². The highest BCUT2D eigenvalue weighted by molar-refractivity contribution is 6.04. The third-order valence-corrected chi connectivity index (χ3v) is 4.03. The van der Waals surface area contributed by atoms with Crippen molar-refractivity contribution >= 4 is 11.6 Å². The minimum Gasteiger partial charge on any atom is -0.496 e. The molecule has 0 N–H and O–H groups in total. The van der Waals surface area contributed by atoms with Crippen molar-refractivity contribution < 1.29 is 27.9 Å². The predicted octanol–water partition coefficient (Wildman–Crippen LogP) is 1.72. The Morgan fingerprint density at radius 2 is 2.12 bits per heavy atom. The minimum atomic E-state index is -0.769. The number of ether oxygens (including phenoxy) is 2. The molecule has 0 radical (unpaired) electrons. The number of carbonyl (C=O) groups is 1. The zero-order chi connectivity index (χ0) is 17.1. The van der Waals surface area contributed by atoms with Crippen LogP contribution in [0.2, 0.25) is 0 Å². The van der Waals surface area contributed by atoms with Crippen LogP contribution in [0, 0.1) is 11.6 Å². The van der Waals surface area contributed by atoms with Gasteiger partial charge in [0.2, 0.25) is 5.91 Å². The molecule has 1 aromatic carbocycles. The van der Waals surface area contributed by atoms with Gasteiger partial charge in [-0.1, -0.05) is 5.16 Å². The van der Waals surface area contributed by atoms with Crippen molar-refractivity contribution in [3.05, 3.63) is 29.3 Å². The maximum absolute atomic E-state index is 14.1. The van der Waals surface area contributed by atoms with E-state index in [4.69, 9.17) is 14.3 Å². The van der Waals surface area contributed by atoms with Crippen LogP contribution in [-0.2, 0) is 14.4 Å². The van der Waals surface area contributed by atoms with Gasteiger partial charge in [-0.15, -0.1) is 0 Å². The molecule has 0 saturated carbocycles. The fourth-order valence-electron chi connectivity index (χ4n) is 2.81. The number of hydrogen-bond acceptors (Lipinski definition) is 5. The van der Waals surface area contributed by atoms with E-state index in [0.717, 1.165) is 12.1 Å². The van der Waals surface area contributed by atoms with Crippen molar-refractivity contribution in [2.45, 2.75) is 18.9 Å². The number of hydrogen-bond donors (Lipinski definition) is 0. The van der Waals surface area contributed by atoms with Gasteiger partial charge in [0.05, 0.1) is 38.0 Å². The lowest BCUT2D eigenvalue weighted by molar-refractivity contribution is -0.137. The van der Waals surface area contributed by atoms with E-state index in [1.807, 2.05) is 0 Å². The Bertz CT molecular complexity index is 660. The summed E-state index contributed by atoms with van der Waals surface area (Å²) in [6.07, 6.45) is -0.0582. The summed E-state index contributed by atoms with van der Waals surface area (Å²) in [5.74, 6) is -1.50. The second-order valence-corrected chi connectivity index (χ2v) is 5.63. The Labute approximate surface area is 138 Å². The van der Waals surface area contributed by atoms with Crippen molar-refractivity contribution in [2.75, 3.05) is 33.4 Å². The summed E-state index contributed by atoms with van der Waals surface area (Å²) >= 11 is 0. The van der Waals surface area contributed by atoms with Crippen molar-refractivity contribution in [3.8, 4) is 5.75 Å². The van der Waals surface area contributed by atoms with Crippen LogP contribution in [0.1, 0.15) is 18.4 Å². The zero-order valence-electron chi connectivity index (χ0n) is 13.3. The molecule has 6 nitrogen and oxygen atoms in total. The highest BCUT2D eigenvalue weighted by Crippen LogP contribution is 2.29. The van der Waals surface area contributed by atoms with Gasteiger partial charge in [0.1, 0.15) is 23.5 Å². The second kappa shape index (κ2) is 7.12. The number of oxime groups is 1. The van der Waals surface area contributed by atoms with Gasteiger partial charge in [0, 0.05) is 31.6 Å². The molecular formula is C16H18F2N2O4. The smallest absolute Gasteiger partial charge is 0.226 e. The maximum atomic E-state index is 14.1. The van der Waals surface area contributed by atoms with E-state index >= 15 is 0 Å². The highest BCUT2D eigenvalue weighted by Gasteiger charge is 2.30. The molecule has 0 bridgehead atoms. The van der Waals surface area contributed by atoms with Crippen molar-refractivity contribution in [1.29, 1.82) is 0 Å². The highest BCUT2D eigenvalue weighted by atomic mass is 19.1. The number of amides is 1. The third kappa shape index (κ3) is 3.48. The fourth-order valence-corrected chi connectivity index (χ4v) is 2.81. The Balaban J connectivity index is 1.66. The topological polar surface area (TPSA) is 60.4 Å². The van der Waals surface area contributed by atoms with Crippen molar-refractivity contribution in [2.24, 2.45) is 5.16 Å². The molecule has 1 fully saturated rings. The lowest BCUT2D eigenvalue weighted by Gasteiger charge is -2.27. The normalized spacial score (nSPS) is 20.5. The standard InChI is InChI=1S/C16H18F2N2O4/c1-22-14-7-10(17)6-12(18)16(14)13-8-11(24-19-13)9-15(21)20-2-4-23-5-3-20/h6-7,11H,2-5,8-9H2,1H3. The first-order chi connectivity index (χ1) is 11.6. The van der Waals surface area contributed by atoms with Gasteiger partial charge in [0.25, 0.3) is 0 Å². The molecule has 1 saturated heterocycles. The van der Waals surface area contributed by atoms with Crippen molar-refractivity contribution in [3.63, 3.8) is 0 Å². The molecule has 2 aliphatic heterocycles. The van der Waals surface area contributed by atoms with Gasteiger partial charge in [0.15, 0.2) is 0 Å². The molecule has 1 amide bonds. The monoisotopic (exact) mass is 340 g/mol. The first kappa shape index (κ1) is 16.6. The lowest BCUT2D eigenvalue weighted by atomic mass is 10.0. The molecule has 0 spiro atoms. The summed E-state index contributed by atoms with van der Waals surface area (Å²) < 4.78 is 37.6. The van der Waals surface area contributed by atoms with Crippen LogP contribution in [0.4, 0.5) is 8.78 Å². The summed E-state index contributed by atoms with van der Waals surface area (Å²) in [6.45, 7) is 2.16. The van der Waals surface area contributed by atoms with Crippen LogP contribution in [0.3, 0.4) is 0 Å².